The fourth-order valence-corrected chi connectivity index (χ4v) is 3.58. The van der Waals surface area contributed by atoms with Crippen LogP contribution in [0.1, 0.15) is 24.5 Å². The number of carbonyl (C=O) groups excluding carboxylic acids is 1. The number of piperidine rings is 1. The number of amides is 1. The van der Waals surface area contributed by atoms with Crippen LogP contribution >= 0.6 is 0 Å². The maximum Gasteiger partial charge on any atom is 0.417 e. The summed E-state index contributed by atoms with van der Waals surface area (Å²) in [6.45, 7) is 0.298. The summed E-state index contributed by atoms with van der Waals surface area (Å²) in [5.74, 6) is -5.56. The Hall–Kier alpha value is -2.98. The molecule has 1 aromatic carbocycles. The van der Waals surface area contributed by atoms with E-state index >= 15 is 0 Å². The standard InChI is InChI=1S/C21H21F6N3O2/c1-13-8-20(23,24)12-30(19(31)32-11-14-5-3-2-4-6-14)17(13)10-29-18-16(22)7-15(9-28-18)21(25,26)27/h2-7,9,13,17H,8,10-12H2,1H3,(H,28,29)/t13-,17-/m1/s1. The number of halogens is 6. The van der Waals surface area contributed by atoms with Gasteiger partial charge < -0.3 is 10.1 Å². The van der Waals surface area contributed by atoms with Crippen molar-refractivity contribution in [1.82, 2.24) is 9.88 Å². The van der Waals surface area contributed by atoms with Crippen molar-refractivity contribution in [3.05, 3.63) is 59.5 Å². The molecule has 0 spiro atoms. The number of alkyl halides is 5. The summed E-state index contributed by atoms with van der Waals surface area (Å²) < 4.78 is 85.6. The predicted octanol–water partition coefficient (Wildman–Crippen LogP) is 5.33. The predicted molar refractivity (Wildman–Crippen MR) is 104 cm³/mol. The zero-order chi connectivity index (χ0) is 23.5. The lowest BCUT2D eigenvalue weighted by Crippen LogP contribution is -2.57. The van der Waals surface area contributed by atoms with Crippen molar-refractivity contribution in [3.8, 4) is 0 Å². The van der Waals surface area contributed by atoms with Crippen LogP contribution in [0.4, 0.5) is 37.0 Å². The van der Waals surface area contributed by atoms with Crippen LogP contribution in [0.2, 0.25) is 0 Å². The molecule has 0 bridgehead atoms. The maximum atomic E-state index is 14.1. The zero-order valence-electron chi connectivity index (χ0n) is 17.0. The summed E-state index contributed by atoms with van der Waals surface area (Å²) in [6.07, 6.45) is -5.76. The summed E-state index contributed by atoms with van der Waals surface area (Å²) in [4.78, 5) is 16.9. The zero-order valence-corrected chi connectivity index (χ0v) is 17.0. The van der Waals surface area contributed by atoms with E-state index in [1.165, 1.54) is 6.92 Å². The highest BCUT2D eigenvalue weighted by Crippen LogP contribution is 2.35. The van der Waals surface area contributed by atoms with E-state index in [4.69, 9.17) is 4.74 Å². The van der Waals surface area contributed by atoms with Crippen molar-refractivity contribution in [2.75, 3.05) is 18.4 Å². The van der Waals surface area contributed by atoms with Crippen molar-refractivity contribution < 1.29 is 35.9 Å². The SMILES string of the molecule is C[C@@H]1CC(F)(F)CN(C(=O)OCc2ccccc2)[C@@H]1CNc1ncc(C(F)(F)F)cc1F. The molecular weight excluding hydrogens is 440 g/mol. The normalized spacial score (nSPS) is 20.7. The molecule has 1 N–H and O–H groups in total. The molecule has 5 nitrogen and oxygen atoms in total. The Kier molecular flexibility index (Phi) is 6.85. The third kappa shape index (κ3) is 5.83. The molecular formula is C21H21F6N3O2. The Labute approximate surface area is 180 Å². The van der Waals surface area contributed by atoms with Gasteiger partial charge in [-0.25, -0.2) is 22.9 Å². The third-order valence-electron chi connectivity index (χ3n) is 5.17. The fraction of sp³-hybridized carbons (Fsp3) is 0.429. The van der Waals surface area contributed by atoms with Crippen molar-refractivity contribution in [2.45, 2.75) is 38.1 Å². The van der Waals surface area contributed by atoms with Gasteiger partial charge in [-0.2, -0.15) is 13.2 Å². The Morgan fingerprint density at radius 2 is 1.97 bits per heavy atom. The molecule has 174 valence electrons. The summed E-state index contributed by atoms with van der Waals surface area (Å²) in [5.41, 5.74) is -0.583. The van der Waals surface area contributed by atoms with Crippen LogP contribution in [-0.4, -0.2) is 41.0 Å². The Balaban J connectivity index is 1.71. The maximum absolute atomic E-state index is 14.1. The molecule has 0 radical (unpaired) electrons. The summed E-state index contributed by atoms with van der Waals surface area (Å²) >= 11 is 0. The molecule has 3 rings (SSSR count). The second-order valence-electron chi connectivity index (χ2n) is 7.71. The molecule has 1 aliphatic rings. The van der Waals surface area contributed by atoms with E-state index in [0.29, 0.717) is 17.8 Å². The van der Waals surface area contributed by atoms with Gasteiger partial charge >= 0.3 is 12.3 Å². The highest BCUT2D eigenvalue weighted by molar-refractivity contribution is 5.68. The van der Waals surface area contributed by atoms with Gasteiger partial charge in [0.05, 0.1) is 18.2 Å². The summed E-state index contributed by atoms with van der Waals surface area (Å²) in [7, 11) is 0. The van der Waals surface area contributed by atoms with Crippen molar-refractivity contribution in [3.63, 3.8) is 0 Å². The number of carbonyl (C=O) groups is 1. The average molecular weight is 461 g/mol. The van der Waals surface area contributed by atoms with E-state index in [1.54, 1.807) is 30.3 Å². The average Bonchev–Trinajstić information content (AvgIpc) is 2.71. The van der Waals surface area contributed by atoms with Crippen molar-refractivity contribution >= 4 is 11.9 Å². The van der Waals surface area contributed by atoms with Crippen LogP contribution < -0.4 is 5.32 Å². The first-order valence-corrected chi connectivity index (χ1v) is 9.78. The highest BCUT2D eigenvalue weighted by atomic mass is 19.4. The molecule has 1 fully saturated rings. The van der Waals surface area contributed by atoms with Gasteiger partial charge in [0.25, 0.3) is 5.92 Å². The molecule has 0 unspecified atom stereocenters. The first-order chi connectivity index (χ1) is 15.0. The third-order valence-corrected chi connectivity index (χ3v) is 5.17. The van der Waals surface area contributed by atoms with Crippen LogP contribution in [0.25, 0.3) is 0 Å². The van der Waals surface area contributed by atoms with Gasteiger partial charge in [0.15, 0.2) is 11.6 Å². The second kappa shape index (κ2) is 9.25. The lowest BCUT2D eigenvalue weighted by molar-refractivity contribution is -0.138. The van der Waals surface area contributed by atoms with E-state index < -0.39 is 60.3 Å². The highest BCUT2D eigenvalue weighted by Gasteiger charge is 2.46. The van der Waals surface area contributed by atoms with Crippen molar-refractivity contribution in [2.24, 2.45) is 5.92 Å². The van der Waals surface area contributed by atoms with E-state index in [0.717, 1.165) is 4.90 Å². The summed E-state index contributed by atoms with van der Waals surface area (Å²) in [5, 5.41) is 2.53. The number of benzene rings is 1. The first kappa shape index (κ1) is 23.7. The van der Waals surface area contributed by atoms with E-state index in [9.17, 15) is 31.1 Å². The van der Waals surface area contributed by atoms with Crippen LogP contribution in [0, 0.1) is 11.7 Å². The molecule has 0 saturated carbocycles. The van der Waals surface area contributed by atoms with Gasteiger partial charge in [0.2, 0.25) is 0 Å². The van der Waals surface area contributed by atoms with E-state index in [-0.39, 0.29) is 13.2 Å². The molecule has 2 heterocycles. The number of ether oxygens (including phenoxy) is 1. The lowest BCUT2D eigenvalue weighted by atomic mass is 9.88. The molecule has 1 aliphatic heterocycles. The molecule has 11 heteroatoms. The van der Waals surface area contributed by atoms with Crippen molar-refractivity contribution in [1.29, 1.82) is 0 Å². The molecule has 32 heavy (non-hydrogen) atoms. The van der Waals surface area contributed by atoms with Crippen LogP contribution in [0.5, 0.6) is 0 Å². The number of likely N-dealkylation sites (tertiary alicyclic amines) is 1. The minimum Gasteiger partial charge on any atom is -0.445 e. The summed E-state index contributed by atoms with van der Waals surface area (Å²) in [6, 6.07) is 8.13. The molecule has 1 saturated heterocycles. The largest absolute Gasteiger partial charge is 0.445 e. The first-order valence-electron chi connectivity index (χ1n) is 9.78. The number of pyridine rings is 1. The number of hydrogen-bond donors (Lipinski definition) is 1. The number of rotatable bonds is 5. The number of nitrogens with zero attached hydrogens (tertiary/aromatic N) is 2. The van der Waals surface area contributed by atoms with Gasteiger partial charge in [-0.3, -0.25) is 4.90 Å². The second-order valence-corrected chi connectivity index (χ2v) is 7.71. The molecule has 0 aliphatic carbocycles. The number of hydrogen-bond acceptors (Lipinski definition) is 4. The van der Waals surface area contributed by atoms with Gasteiger partial charge in [0, 0.05) is 19.2 Å². The lowest BCUT2D eigenvalue weighted by Gasteiger charge is -2.42. The van der Waals surface area contributed by atoms with E-state index in [2.05, 4.69) is 10.3 Å². The number of nitrogens with one attached hydrogen (secondary N) is 1. The quantitative estimate of drug-likeness (QED) is 0.612. The van der Waals surface area contributed by atoms with Crippen LogP contribution in [0.3, 0.4) is 0 Å². The number of aromatic nitrogens is 1. The molecule has 1 amide bonds. The smallest absolute Gasteiger partial charge is 0.417 e. The number of anilines is 1. The Morgan fingerprint density at radius 1 is 1.28 bits per heavy atom. The molecule has 1 aromatic heterocycles. The Bertz CT molecular complexity index is 939. The van der Waals surface area contributed by atoms with Crippen LogP contribution in [-0.2, 0) is 17.5 Å². The van der Waals surface area contributed by atoms with Gasteiger partial charge in [0.1, 0.15) is 6.61 Å². The van der Waals surface area contributed by atoms with E-state index in [1.807, 2.05) is 0 Å². The van der Waals surface area contributed by atoms with Gasteiger partial charge in [-0.1, -0.05) is 37.3 Å². The molecule has 2 aromatic rings. The Morgan fingerprint density at radius 3 is 2.59 bits per heavy atom. The van der Waals surface area contributed by atoms with Crippen LogP contribution in [0.15, 0.2) is 42.6 Å². The minimum atomic E-state index is -4.75. The fourth-order valence-electron chi connectivity index (χ4n) is 3.58. The van der Waals surface area contributed by atoms with Gasteiger partial charge in [-0.05, 0) is 17.5 Å². The minimum absolute atomic E-state index is 0.120. The molecule has 2 atom stereocenters. The topological polar surface area (TPSA) is 54.5 Å². The monoisotopic (exact) mass is 461 g/mol. The van der Waals surface area contributed by atoms with Gasteiger partial charge in [-0.15, -0.1) is 0 Å².